The van der Waals surface area contributed by atoms with Crippen molar-refractivity contribution in [3.8, 4) is 0 Å². The van der Waals surface area contributed by atoms with E-state index in [1.54, 1.807) is 24.3 Å². The molecule has 1 fully saturated rings. The standard InChI is InChI=1S/C22H20ClFN6O3S/c23-16-4-1-5-18(11-16)34(32,33)29-10-2-3-15(13-29)20-25-21-19(22(31)26-20)27-28-30(21)12-14-6-8-17(24)9-7-14/h1,4-9,11,15H,2-3,10,12-13H2,(H,25,26,31)/t15-/m0/s1. The van der Waals surface area contributed by atoms with Crippen LogP contribution in [0.3, 0.4) is 0 Å². The minimum atomic E-state index is -3.75. The van der Waals surface area contributed by atoms with Gasteiger partial charge < -0.3 is 4.98 Å². The van der Waals surface area contributed by atoms with E-state index in [0.29, 0.717) is 30.2 Å². The summed E-state index contributed by atoms with van der Waals surface area (Å²) < 4.78 is 42.4. The normalized spacial score (nSPS) is 17.3. The molecule has 9 nitrogen and oxygen atoms in total. The lowest BCUT2D eigenvalue weighted by Crippen LogP contribution is -2.39. The Balaban J connectivity index is 1.45. The second-order valence-electron chi connectivity index (χ2n) is 8.16. The molecule has 0 aliphatic carbocycles. The predicted molar refractivity (Wildman–Crippen MR) is 124 cm³/mol. The van der Waals surface area contributed by atoms with Gasteiger partial charge in [-0.05, 0) is 48.7 Å². The number of benzene rings is 2. The van der Waals surface area contributed by atoms with E-state index in [2.05, 4.69) is 20.3 Å². The van der Waals surface area contributed by atoms with Gasteiger partial charge in [0.05, 0.1) is 11.4 Å². The lowest BCUT2D eigenvalue weighted by atomic mass is 9.99. The third kappa shape index (κ3) is 4.33. The molecule has 1 N–H and O–H groups in total. The van der Waals surface area contributed by atoms with Gasteiger partial charge in [0.1, 0.15) is 11.6 Å². The highest BCUT2D eigenvalue weighted by atomic mass is 35.5. The Bertz CT molecular complexity index is 1520. The molecule has 3 heterocycles. The molecule has 0 amide bonds. The number of H-pyrrole nitrogens is 1. The first kappa shape index (κ1) is 22.6. The summed E-state index contributed by atoms with van der Waals surface area (Å²) in [4.78, 5) is 20.2. The summed E-state index contributed by atoms with van der Waals surface area (Å²) in [6.45, 7) is 0.789. The highest BCUT2D eigenvalue weighted by Crippen LogP contribution is 2.29. The number of fused-ring (bicyclic) bond motifs is 1. The van der Waals surface area contributed by atoms with E-state index in [-0.39, 0.29) is 40.9 Å². The first-order chi connectivity index (χ1) is 16.3. The molecule has 2 aromatic carbocycles. The molecule has 1 aliphatic heterocycles. The molecule has 0 bridgehead atoms. The average molecular weight is 503 g/mol. The third-order valence-corrected chi connectivity index (χ3v) is 7.94. The number of rotatable bonds is 5. The molecular formula is C22H20ClFN6O3S. The number of aromatic amines is 1. The lowest BCUT2D eigenvalue weighted by molar-refractivity contribution is 0.309. The largest absolute Gasteiger partial charge is 0.308 e. The molecule has 1 saturated heterocycles. The third-order valence-electron chi connectivity index (χ3n) is 5.84. The van der Waals surface area contributed by atoms with Gasteiger partial charge >= 0.3 is 0 Å². The zero-order chi connectivity index (χ0) is 23.9. The molecule has 34 heavy (non-hydrogen) atoms. The maximum absolute atomic E-state index is 13.2. The molecule has 4 aromatic rings. The highest BCUT2D eigenvalue weighted by Gasteiger charge is 2.32. The van der Waals surface area contributed by atoms with Crippen LogP contribution in [0.1, 0.15) is 30.1 Å². The number of hydrogen-bond acceptors (Lipinski definition) is 6. The maximum atomic E-state index is 13.2. The first-order valence-corrected chi connectivity index (χ1v) is 12.5. The number of sulfonamides is 1. The number of nitrogens with zero attached hydrogens (tertiary/aromatic N) is 5. The lowest BCUT2D eigenvalue weighted by Gasteiger charge is -2.31. The van der Waals surface area contributed by atoms with E-state index in [1.807, 2.05) is 0 Å². The van der Waals surface area contributed by atoms with Crippen LogP contribution >= 0.6 is 11.6 Å². The van der Waals surface area contributed by atoms with Gasteiger partial charge in [0.25, 0.3) is 5.56 Å². The smallest absolute Gasteiger partial charge is 0.281 e. The average Bonchev–Trinajstić information content (AvgIpc) is 3.24. The van der Waals surface area contributed by atoms with Crippen molar-refractivity contribution in [3.05, 3.63) is 81.1 Å². The van der Waals surface area contributed by atoms with Crippen LogP contribution in [0.4, 0.5) is 4.39 Å². The molecule has 0 spiro atoms. The molecule has 1 atom stereocenters. The number of nitrogens with one attached hydrogen (secondary N) is 1. The van der Waals surface area contributed by atoms with Gasteiger partial charge in [-0.1, -0.05) is 35.0 Å². The fraction of sp³-hybridized carbons (Fsp3) is 0.273. The van der Waals surface area contributed by atoms with Gasteiger partial charge in [0.15, 0.2) is 11.2 Å². The fourth-order valence-corrected chi connectivity index (χ4v) is 5.93. The fourth-order valence-electron chi connectivity index (χ4n) is 4.11. The number of piperidine rings is 1. The Kier molecular flexibility index (Phi) is 5.92. The van der Waals surface area contributed by atoms with Crippen LogP contribution < -0.4 is 5.56 Å². The summed E-state index contributed by atoms with van der Waals surface area (Å²) in [5.41, 5.74) is 0.705. The van der Waals surface area contributed by atoms with Crippen LogP contribution in [0, 0.1) is 5.82 Å². The van der Waals surface area contributed by atoms with E-state index in [1.165, 1.54) is 33.3 Å². The molecule has 5 rings (SSSR count). The van der Waals surface area contributed by atoms with E-state index < -0.39 is 15.6 Å². The second-order valence-corrected chi connectivity index (χ2v) is 10.5. The summed E-state index contributed by atoms with van der Waals surface area (Å²) in [5.74, 6) is -0.279. The molecule has 2 aromatic heterocycles. The Morgan fingerprint density at radius 3 is 2.74 bits per heavy atom. The molecule has 1 aliphatic rings. The van der Waals surface area contributed by atoms with Gasteiger partial charge in [0, 0.05) is 24.0 Å². The summed E-state index contributed by atoms with van der Waals surface area (Å²) in [7, 11) is -3.75. The molecule has 176 valence electrons. The van der Waals surface area contributed by atoms with Crippen molar-refractivity contribution >= 4 is 32.8 Å². The Morgan fingerprint density at radius 1 is 1.18 bits per heavy atom. The van der Waals surface area contributed by atoms with Crippen molar-refractivity contribution < 1.29 is 12.8 Å². The summed E-state index contributed by atoms with van der Waals surface area (Å²) in [6, 6.07) is 12.1. The topological polar surface area (TPSA) is 114 Å². The summed E-state index contributed by atoms with van der Waals surface area (Å²) >= 11 is 5.99. The monoisotopic (exact) mass is 502 g/mol. The van der Waals surface area contributed by atoms with Crippen molar-refractivity contribution in [2.24, 2.45) is 0 Å². The maximum Gasteiger partial charge on any atom is 0.281 e. The molecule has 0 radical (unpaired) electrons. The van der Waals surface area contributed by atoms with Crippen LogP contribution in [-0.2, 0) is 16.6 Å². The van der Waals surface area contributed by atoms with E-state index in [0.717, 1.165) is 5.56 Å². The van der Waals surface area contributed by atoms with Gasteiger partial charge in [-0.3, -0.25) is 4.79 Å². The molecule has 12 heteroatoms. The Morgan fingerprint density at radius 2 is 1.97 bits per heavy atom. The van der Waals surface area contributed by atoms with E-state index in [4.69, 9.17) is 11.6 Å². The van der Waals surface area contributed by atoms with Crippen LogP contribution in [0.25, 0.3) is 11.2 Å². The first-order valence-electron chi connectivity index (χ1n) is 10.6. The zero-order valence-electron chi connectivity index (χ0n) is 17.9. The number of aromatic nitrogens is 5. The van der Waals surface area contributed by atoms with Crippen LogP contribution in [0.15, 0.2) is 58.2 Å². The van der Waals surface area contributed by atoms with Gasteiger partial charge in [-0.25, -0.2) is 22.5 Å². The van der Waals surface area contributed by atoms with Gasteiger partial charge in [-0.2, -0.15) is 4.31 Å². The van der Waals surface area contributed by atoms with Crippen molar-refractivity contribution in [2.75, 3.05) is 13.1 Å². The van der Waals surface area contributed by atoms with Gasteiger partial charge in [-0.15, -0.1) is 5.10 Å². The van der Waals surface area contributed by atoms with Crippen molar-refractivity contribution in [3.63, 3.8) is 0 Å². The Hall–Kier alpha value is -3.15. The van der Waals surface area contributed by atoms with Crippen molar-refractivity contribution in [1.82, 2.24) is 29.3 Å². The summed E-state index contributed by atoms with van der Waals surface area (Å²) in [6.07, 6.45) is 1.27. The molecule has 0 saturated carbocycles. The van der Waals surface area contributed by atoms with Crippen LogP contribution in [0.2, 0.25) is 5.02 Å². The quantitative estimate of drug-likeness (QED) is 0.449. The van der Waals surface area contributed by atoms with E-state index >= 15 is 0 Å². The number of halogens is 2. The van der Waals surface area contributed by atoms with Crippen LogP contribution in [-0.4, -0.2) is 50.8 Å². The molecule has 0 unspecified atom stereocenters. The SMILES string of the molecule is O=c1[nH]c([C@H]2CCCN(S(=O)(=O)c3cccc(Cl)c3)C2)nc2c1nnn2Cc1ccc(F)cc1. The van der Waals surface area contributed by atoms with Gasteiger partial charge in [0.2, 0.25) is 10.0 Å². The second kappa shape index (κ2) is 8.90. The zero-order valence-corrected chi connectivity index (χ0v) is 19.4. The van der Waals surface area contributed by atoms with Crippen molar-refractivity contribution in [1.29, 1.82) is 0 Å². The number of hydrogen-bond donors (Lipinski definition) is 1. The van der Waals surface area contributed by atoms with E-state index in [9.17, 15) is 17.6 Å². The Labute approximate surface area is 199 Å². The molecular weight excluding hydrogens is 483 g/mol. The van der Waals surface area contributed by atoms with Crippen molar-refractivity contribution in [2.45, 2.75) is 30.2 Å². The highest BCUT2D eigenvalue weighted by molar-refractivity contribution is 7.89. The minimum absolute atomic E-state index is 0.0880. The van der Waals surface area contributed by atoms with Crippen LogP contribution in [0.5, 0.6) is 0 Å². The predicted octanol–water partition coefficient (Wildman–Crippen LogP) is 2.92. The minimum Gasteiger partial charge on any atom is -0.308 e. The summed E-state index contributed by atoms with van der Waals surface area (Å²) in [5, 5.41) is 8.31.